The van der Waals surface area contributed by atoms with E-state index in [9.17, 15) is 0 Å². The summed E-state index contributed by atoms with van der Waals surface area (Å²) in [6, 6.07) is 14.4. The molecule has 0 N–H and O–H groups in total. The fourth-order valence-electron chi connectivity index (χ4n) is 2.21. The number of unbranched alkanes of at least 4 members (excludes halogenated alkanes) is 2. The van der Waals surface area contributed by atoms with Gasteiger partial charge >= 0.3 is 0 Å². The number of fused-ring (bicyclic) bond motifs is 1. The van der Waals surface area contributed by atoms with E-state index in [1.165, 1.54) is 12.8 Å². The Kier molecular flexibility index (Phi) is 4.80. The van der Waals surface area contributed by atoms with Gasteiger partial charge in [0.05, 0.1) is 19.1 Å². The highest BCUT2D eigenvalue weighted by Gasteiger charge is 2.08. The minimum atomic E-state index is 0.397. The number of nitrogens with zero attached hydrogens (tertiary/aromatic N) is 1. The molecular weight excluding hydrogens is 234 g/mol. The molecule has 2 aromatic rings. The van der Waals surface area contributed by atoms with Crippen LogP contribution in [0.1, 0.15) is 31.7 Å². The van der Waals surface area contributed by atoms with E-state index < -0.39 is 0 Å². The molecule has 0 fully saturated rings. The first-order valence-electron chi connectivity index (χ1n) is 6.87. The molecule has 0 saturated heterocycles. The van der Waals surface area contributed by atoms with Gasteiger partial charge in [-0.3, -0.25) is 0 Å². The molecule has 19 heavy (non-hydrogen) atoms. The summed E-state index contributed by atoms with van der Waals surface area (Å²) >= 11 is 0. The first kappa shape index (κ1) is 13.4. The third-order valence-electron chi connectivity index (χ3n) is 3.22. The van der Waals surface area contributed by atoms with Gasteiger partial charge in [0.25, 0.3) is 0 Å². The zero-order valence-corrected chi connectivity index (χ0v) is 11.4. The van der Waals surface area contributed by atoms with Crippen LogP contribution in [-0.4, -0.2) is 6.61 Å². The van der Waals surface area contributed by atoms with Gasteiger partial charge in [-0.2, -0.15) is 5.26 Å². The molecule has 2 heteroatoms. The Labute approximate surface area is 114 Å². The van der Waals surface area contributed by atoms with Crippen molar-refractivity contribution in [3.8, 4) is 11.8 Å². The number of ether oxygens (including phenoxy) is 1. The minimum absolute atomic E-state index is 0.397. The maximum absolute atomic E-state index is 8.92. The maximum atomic E-state index is 8.92. The Bertz CT molecular complexity index is 583. The maximum Gasteiger partial charge on any atom is 0.131 e. The summed E-state index contributed by atoms with van der Waals surface area (Å²) in [4.78, 5) is 0. The van der Waals surface area contributed by atoms with Crippen molar-refractivity contribution in [2.45, 2.75) is 32.6 Å². The molecule has 0 aromatic heterocycles. The molecule has 0 aliphatic carbocycles. The Balaban J connectivity index is 2.30. The smallest absolute Gasteiger partial charge is 0.131 e. The Morgan fingerprint density at radius 2 is 1.95 bits per heavy atom. The fraction of sp³-hybridized carbons (Fsp3) is 0.353. The first-order valence-corrected chi connectivity index (χ1v) is 6.87. The van der Waals surface area contributed by atoms with Crippen molar-refractivity contribution < 1.29 is 4.74 Å². The fourth-order valence-corrected chi connectivity index (χ4v) is 2.21. The molecule has 0 spiro atoms. The zero-order chi connectivity index (χ0) is 13.5. The van der Waals surface area contributed by atoms with Crippen LogP contribution in [0.25, 0.3) is 10.8 Å². The lowest BCUT2D eigenvalue weighted by Crippen LogP contribution is -2.01. The standard InChI is InChI=1S/C17H19NO/c1-2-3-6-13-19-17-15(11-12-18)10-9-14-7-4-5-8-16(14)17/h4-5,7-10H,2-3,6,11,13H2,1H3. The van der Waals surface area contributed by atoms with E-state index in [0.29, 0.717) is 6.42 Å². The monoisotopic (exact) mass is 253 g/mol. The minimum Gasteiger partial charge on any atom is -0.493 e. The molecule has 0 radical (unpaired) electrons. The molecular formula is C17H19NO. The van der Waals surface area contributed by atoms with Crippen LogP contribution in [0.4, 0.5) is 0 Å². The summed E-state index contributed by atoms with van der Waals surface area (Å²) in [5, 5.41) is 11.2. The lowest BCUT2D eigenvalue weighted by atomic mass is 10.0. The first-order chi connectivity index (χ1) is 9.36. The van der Waals surface area contributed by atoms with Crippen LogP contribution in [0.15, 0.2) is 36.4 Å². The van der Waals surface area contributed by atoms with Crippen LogP contribution >= 0.6 is 0 Å². The molecule has 0 heterocycles. The molecule has 0 unspecified atom stereocenters. The second-order valence-electron chi connectivity index (χ2n) is 4.67. The lowest BCUT2D eigenvalue weighted by molar-refractivity contribution is 0.307. The van der Waals surface area contributed by atoms with E-state index in [2.05, 4.69) is 31.2 Å². The molecule has 98 valence electrons. The van der Waals surface area contributed by atoms with Crippen LogP contribution in [0.5, 0.6) is 5.75 Å². The van der Waals surface area contributed by atoms with Gasteiger partial charge in [-0.05, 0) is 11.8 Å². The number of rotatable bonds is 6. The average Bonchev–Trinajstić information content (AvgIpc) is 2.45. The Morgan fingerprint density at radius 1 is 1.11 bits per heavy atom. The number of benzene rings is 2. The largest absolute Gasteiger partial charge is 0.493 e. The summed E-state index contributed by atoms with van der Waals surface area (Å²) < 4.78 is 5.95. The van der Waals surface area contributed by atoms with Gasteiger partial charge < -0.3 is 4.74 Å². The summed E-state index contributed by atoms with van der Waals surface area (Å²) in [5.41, 5.74) is 0.984. The molecule has 0 amide bonds. The second kappa shape index (κ2) is 6.80. The van der Waals surface area contributed by atoms with Crippen molar-refractivity contribution >= 4 is 10.8 Å². The van der Waals surface area contributed by atoms with Crippen LogP contribution < -0.4 is 4.74 Å². The van der Waals surface area contributed by atoms with Gasteiger partial charge in [-0.1, -0.05) is 56.2 Å². The highest BCUT2D eigenvalue weighted by atomic mass is 16.5. The van der Waals surface area contributed by atoms with Crippen LogP contribution in [0.2, 0.25) is 0 Å². The summed E-state index contributed by atoms with van der Waals surface area (Å²) in [6.07, 6.45) is 3.82. The molecule has 0 bridgehead atoms. The summed E-state index contributed by atoms with van der Waals surface area (Å²) in [7, 11) is 0. The molecule has 0 atom stereocenters. The second-order valence-corrected chi connectivity index (χ2v) is 4.67. The highest BCUT2D eigenvalue weighted by Crippen LogP contribution is 2.30. The summed E-state index contributed by atoms with van der Waals surface area (Å²) in [6.45, 7) is 2.90. The number of hydrogen-bond donors (Lipinski definition) is 0. The number of hydrogen-bond acceptors (Lipinski definition) is 2. The van der Waals surface area contributed by atoms with Gasteiger partial charge in [-0.25, -0.2) is 0 Å². The molecule has 2 rings (SSSR count). The third-order valence-corrected chi connectivity index (χ3v) is 3.22. The molecule has 2 nitrogen and oxygen atoms in total. The van der Waals surface area contributed by atoms with Crippen molar-refractivity contribution in [2.24, 2.45) is 0 Å². The van der Waals surface area contributed by atoms with Crippen molar-refractivity contribution in [3.63, 3.8) is 0 Å². The lowest BCUT2D eigenvalue weighted by Gasteiger charge is -2.13. The van der Waals surface area contributed by atoms with Crippen molar-refractivity contribution in [1.29, 1.82) is 5.26 Å². The van der Waals surface area contributed by atoms with Crippen LogP contribution in [0, 0.1) is 11.3 Å². The highest BCUT2D eigenvalue weighted by molar-refractivity contribution is 5.89. The number of nitriles is 1. The molecule has 0 saturated carbocycles. The van der Waals surface area contributed by atoms with E-state index in [-0.39, 0.29) is 0 Å². The van der Waals surface area contributed by atoms with E-state index >= 15 is 0 Å². The molecule has 0 aliphatic rings. The zero-order valence-electron chi connectivity index (χ0n) is 11.4. The van der Waals surface area contributed by atoms with Gasteiger partial charge in [0.15, 0.2) is 0 Å². The topological polar surface area (TPSA) is 33.0 Å². The van der Waals surface area contributed by atoms with Gasteiger partial charge in [0.2, 0.25) is 0 Å². The molecule has 0 aliphatic heterocycles. The van der Waals surface area contributed by atoms with Crippen LogP contribution in [0.3, 0.4) is 0 Å². The van der Waals surface area contributed by atoms with Crippen molar-refractivity contribution in [3.05, 3.63) is 42.0 Å². The van der Waals surface area contributed by atoms with Crippen LogP contribution in [-0.2, 0) is 6.42 Å². The normalized spacial score (nSPS) is 10.3. The van der Waals surface area contributed by atoms with Gasteiger partial charge in [-0.15, -0.1) is 0 Å². The van der Waals surface area contributed by atoms with Crippen molar-refractivity contribution in [2.75, 3.05) is 6.61 Å². The molecule has 2 aromatic carbocycles. The van der Waals surface area contributed by atoms with E-state index in [1.54, 1.807) is 0 Å². The van der Waals surface area contributed by atoms with Gasteiger partial charge in [0, 0.05) is 10.9 Å². The van der Waals surface area contributed by atoms with Gasteiger partial charge in [0.1, 0.15) is 5.75 Å². The third kappa shape index (κ3) is 3.26. The average molecular weight is 253 g/mol. The predicted octanol–water partition coefficient (Wildman–Crippen LogP) is 4.47. The quantitative estimate of drug-likeness (QED) is 0.711. The van der Waals surface area contributed by atoms with E-state index in [4.69, 9.17) is 10.00 Å². The predicted molar refractivity (Wildman–Crippen MR) is 78.3 cm³/mol. The summed E-state index contributed by atoms with van der Waals surface area (Å²) in [5.74, 6) is 0.885. The van der Waals surface area contributed by atoms with E-state index in [0.717, 1.165) is 35.1 Å². The van der Waals surface area contributed by atoms with E-state index in [1.807, 2.05) is 18.2 Å². The SMILES string of the molecule is CCCCCOc1c(CC#N)ccc2ccccc12. The Morgan fingerprint density at radius 3 is 2.74 bits per heavy atom. The van der Waals surface area contributed by atoms with Crippen molar-refractivity contribution in [1.82, 2.24) is 0 Å². The Hall–Kier alpha value is -2.01.